The van der Waals surface area contributed by atoms with Crippen LogP contribution in [-0.4, -0.2) is 25.9 Å². The van der Waals surface area contributed by atoms with Crippen molar-refractivity contribution in [2.75, 3.05) is 0 Å². The van der Waals surface area contributed by atoms with E-state index in [2.05, 4.69) is 6.58 Å². The highest BCUT2D eigenvalue weighted by molar-refractivity contribution is 7.88. The van der Waals surface area contributed by atoms with Gasteiger partial charge in [0.1, 0.15) is 0 Å². The van der Waals surface area contributed by atoms with Crippen molar-refractivity contribution in [3.63, 3.8) is 0 Å². The minimum absolute atomic E-state index is 0.104. The summed E-state index contributed by atoms with van der Waals surface area (Å²) in [7, 11) is -8.06. The van der Waals surface area contributed by atoms with Crippen LogP contribution < -0.4 is 0 Å². The first-order valence-corrected chi connectivity index (χ1v) is 9.47. The molecular weight excluding hydrogens is 352 g/mol. The minimum Gasteiger partial charge on any atom is -0.282 e. The van der Waals surface area contributed by atoms with Crippen LogP contribution in [0, 0.1) is 0 Å². The summed E-state index contributed by atoms with van der Waals surface area (Å²) in [6, 6.07) is 14.6. The van der Waals surface area contributed by atoms with E-state index in [9.17, 15) is 16.8 Å². The Morgan fingerprint density at radius 2 is 1.33 bits per heavy atom. The first-order valence-electron chi connectivity index (χ1n) is 6.52. The van der Waals surface area contributed by atoms with Crippen LogP contribution >= 0.6 is 0 Å². The number of benzene rings is 2. The molecule has 6 nitrogen and oxygen atoms in total. The third-order valence-corrected chi connectivity index (χ3v) is 3.99. The molecule has 24 heavy (non-hydrogen) atoms. The predicted octanol–water partition coefficient (Wildman–Crippen LogP) is 3.12. The molecule has 0 unspecified atom stereocenters. The molecule has 128 valence electrons. The fourth-order valence-corrected chi connectivity index (χ4v) is 2.31. The summed E-state index contributed by atoms with van der Waals surface area (Å²) in [5, 5.41) is 0.752. The fourth-order valence-electron chi connectivity index (χ4n) is 1.50. The van der Waals surface area contributed by atoms with Gasteiger partial charge in [0.05, 0.1) is 10.3 Å². The maximum Gasteiger partial charge on any atom is 0.294 e. The van der Waals surface area contributed by atoms with E-state index in [4.69, 9.17) is 9.11 Å². The molecule has 0 spiro atoms. The van der Waals surface area contributed by atoms with Gasteiger partial charge in [-0.1, -0.05) is 55.1 Å². The minimum atomic E-state index is -4.06. The first-order chi connectivity index (χ1) is 11.1. The topological polar surface area (TPSA) is 109 Å². The maximum absolute atomic E-state index is 10.6. The Morgan fingerprint density at radius 3 is 1.75 bits per heavy atom. The monoisotopic (exact) mass is 368 g/mol. The Bertz CT molecular complexity index is 897. The van der Waals surface area contributed by atoms with Crippen LogP contribution in [0.5, 0.6) is 0 Å². The summed E-state index contributed by atoms with van der Waals surface area (Å²) in [5.74, 6) is 0. The van der Waals surface area contributed by atoms with Crippen LogP contribution in [-0.2, 0) is 20.2 Å². The van der Waals surface area contributed by atoms with Crippen LogP contribution in [0.15, 0.2) is 71.5 Å². The molecule has 0 aliphatic rings. The highest BCUT2D eigenvalue weighted by Crippen LogP contribution is 2.10. The van der Waals surface area contributed by atoms with Crippen molar-refractivity contribution in [2.45, 2.75) is 4.90 Å². The molecule has 0 atom stereocenters. The second-order valence-electron chi connectivity index (χ2n) is 4.48. The summed E-state index contributed by atoms with van der Waals surface area (Å²) in [5.41, 5.74) is 1.54. The van der Waals surface area contributed by atoms with Gasteiger partial charge in [-0.05, 0) is 29.3 Å². The van der Waals surface area contributed by atoms with Gasteiger partial charge in [-0.3, -0.25) is 9.11 Å². The molecule has 0 heterocycles. The van der Waals surface area contributed by atoms with Crippen molar-refractivity contribution in [1.82, 2.24) is 0 Å². The van der Waals surface area contributed by atoms with Gasteiger partial charge in [-0.15, -0.1) is 0 Å². The molecule has 0 radical (unpaired) electrons. The number of rotatable bonds is 4. The van der Waals surface area contributed by atoms with E-state index < -0.39 is 20.2 Å². The SMILES string of the molecule is C=Cc1ccc(S(=O)(=O)O)cc1.O=S(=O)(O)C=Cc1ccccc1. The van der Waals surface area contributed by atoms with Gasteiger partial charge in [0, 0.05) is 0 Å². The molecule has 0 aliphatic heterocycles. The largest absolute Gasteiger partial charge is 0.294 e. The van der Waals surface area contributed by atoms with Gasteiger partial charge in [-0.25, -0.2) is 0 Å². The van der Waals surface area contributed by atoms with Crippen LogP contribution in [0.2, 0.25) is 0 Å². The smallest absolute Gasteiger partial charge is 0.282 e. The van der Waals surface area contributed by atoms with Crippen molar-refractivity contribution >= 4 is 32.4 Å². The molecule has 0 saturated carbocycles. The highest BCUT2D eigenvalue weighted by Gasteiger charge is 2.07. The van der Waals surface area contributed by atoms with Crippen molar-refractivity contribution < 1.29 is 25.9 Å². The average molecular weight is 368 g/mol. The molecule has 0 amide bonds. The Hall–Kier alpha value is -2.26. The van der Waals surface area contributed by atoms with Crippen molar-refractivity contribution in [3.8, 4) is 0 Å². The molecule has 2 aromatic carbocycles. The van der Waals surface area contributed by atoms with Crippen molar-refractivity contribution in [1.29, 1.82) is 0 Å². The lowest BCUT2D eigenvalue weighted by Crippen LogP contribution is -1.96. The van der Waals surface area contributed by atoms with Crippen LogP contribution in [0.1, 0.15) is 11.1 Å². The number of hydrogen-bond donors (Lipinski definition) is 2. The summed E-state index contributed by atoms with van der Waals surface area (Å²) < 4.78 is 58.6. The second-order valence-corrected chi connectivity index (χ2v) is 7.20. The molecule has 0 bridgehead atoms. The third-order valence-electron chi connectivity index (χ3n) is 2.65. The lowest BCUT2D eigenvalue weighted by Gasteiger charge is -1.96. The Morgan fingerprint density at radius 1 is 0.792 bits per heavy atom. The zero-order chi connectivity index (χ0) is 18.2. The molecular formula is C16H16O6S2. The lowest BCUT2D eigenvalue weighted by molar-refractivity contribution is 0.482. The quantitative estimate of drug-likeness (QED) is 0.803. The van der Waals surface area contributed by atoms with Crippen LogP contribution in [0.4, 0.5) is 0 Å². The maximum atomic E-state index is 10.6. The highest BCUT2D eigenvalue weighted by atomic mass is 32.2. The predicted molar refractivity (Wildman–Crippen MR) is 93.4 cm³/mol. The van der Waals surface area contributed by atoms with Gasteiger partial charge in [0.2, 0.25) is 0 Å². The van der Waals surface area contributed by atoms with E-state index in [1.54, 1.807) is 42.5 Å². The normalized spacial score (nSPS) is 11.6. The first kappa shape index (κ1) is 19.8. The standard InChI is InChI=1S/2C8H8O3S/c1-2-7-3-5-8(6-4-7)12(9,10)11;9-12(10,11)7-6-8-4-2-1-3-5-8/h2-6H,1H2,(H,9,10,11);1-7H,(H,9,10,11). The Labute approximate surface area is 141 Å². The van der Waals surface area contributed by atoms with Crippen LogP contribution in [0.25, 0.3) is 12.2 Å². The molecule has 2 N–H and O–H groups in total. The zero-order valence-corrected chi connectivity index (χ0v) is 14.1. The van der Waals surface area contributed by atoms with Gasteiger partial charge in [0.15, 0.2) is 0 Å². The van der Waals surface area contributed by atoms with Crippen molar-refractivity contribution in [3.05, 3.63) is 77.7 Å². The van der Waals surface area contributed by atoms with Gasteiger partial charge in [0.25, 0.3) is 20.2 Å². The second kappa shape index (κ2) is 8.55. The van der Waals surface area contributed by atoms with E-state index in [1.807, 2.05) is 6.07 Å². The number of hydrogen-bond acceptors (Lipinski definition) is 4. The van der Waals surface area contributed by atoms with Gasteiger partial charge >= 0.3 is 0 Å². The molecule has 8 heteroatoms. The zero-order valence-electron chi connectivity index (χ0n) is 12.5. The van der Waals surface area contributed by atoms with E-state index in [-0.39, 0.29) is 4.90 Å². The molecule has 0 aliphatic carbocycles. The molecule has 0 aromatic heterocycles. The van der Waals surface area contributed by atoms with Gasteiger partial charge < -0.3 is 0 Å². The molecule has 0 fully saturated rings. The molecule has 0 saturated heterocycles. The third kappa shape index (κ3) is 7.84. The Balaban J connectivity index is 0.000000240. The fraction of sp³-hybridized carbons (Fsp3) is 0. The van der Waals surface area contributed by atoms with E-state index in [1.165, 1.54) is 18.2 Å². The van der Waals surface area contributed by atoms with E-state index in [0.717, 1.165) is 16.5 Å². The van der Waals surface area contributed by atoms with Crippen molar-refractivity contribution in [2.24, 2.45) is 0 Å². The summed E-state index contributed by atoms with van der Waals surface area (Å²) in [4.78, 5) is -0.104. The molecule has 2 aromatic rings. The summed E-state index contributed by atoms with van der Waals surface area (Å²) in [6.07, 6.45) is 2.92. The lowest BCUT2D eigenvalue weighted by atomic mass is 10.2. The average Bonchev–Trinajstić information content (AvgIpc) is 2.53. The van der Waals surface area contributed by atoms with E-state index >= 15 is 0 Å². The summed E-state index contributed by atoms with van der Waals surface area (Å²) in [6.45, 7) is 3.51. The summed E-state index contributed by atoms with van der Waals surface area (Å²) >= 11 is 0. The van der Waals surface area contributed by atoms with E-state index in [0.29, 0.717) is 0 Å². The van der Waals surface area contributed by atoms with Gasteiger partial charge in [-0.2, -0.15) is 16.8 Å². The molecule has 2 rings (SSSR count). The Kier molecular flexibility index (Phi) is 7.05. The van der Waals surface area contributed by atoms with Crippen LogP contribution in [0.3, 0.4) is 0 Å².